The highest BCUT2D eigenvalue weighted by atomic mass is 16.3. The molecule has 1 aromatic carbocycles. The predicted octanol–water partition coefficient (Wildman–Crippen LogP) is 3.21. The maximum Gasteiger partial charge on any atom is 0.134 e. The van der Waals surface area contributed by atoms with Gasteiger partial charge in [-0.05, 0) is 44.1 Å². The molecule has 0 radical (unpaired) electrons. The standard InChI is InChI=1S/C16H22N2O/c1-3-18(4-2)12-6-8-16-14(10-12)13-9-11(17)5-7-15(13)19-16/h5,7,9,12H,3-4,6,8,10,17H2,1-2H3. The third kappa shape index (κ3) is 2.12. The van der Waals surface area contributed by atoms with E-state index in [0.717, 1.165) is 37.2 Å². The minimum atomic E-state index is 0.643. The molecule has 0 amide bonds. The lowest BCUT2D eigenvalue weighted by Crippen LogP contribution is -2.38. The number of hydrogen-bond acceptors (Lipinski definition) is 3. The lowest BCUT2D eigenvalue weighted by molar-refractivity contribution is 0.195. The Morgan fingerprint density at radius 1 is 1.32 bits per heavy atom. The molecule has 1 aliphatic carbocycles. The highest BCUT2D eigenvalue weighted by Crippen LogP contribution is 2.34. The van der Waals surface area contributed by atoms with Crippen LogP contribution in [0.4, 0.5) is 5.69 Å². The fraction of sp³-hybridized carbons (Fsp3) is 0.500. The van der Waals surface area contributed by atoms with Gasteiger partial charge in [0.05, 0.1) is 0 Å². The average Bonchev–Trinajstić information content (AvgIpc) is 2.78. The Morgan fingerprint density at radius 3 is 2.84 bits per heavy atom. The molecule has 0 spiro atoms. The molecule has 0 fully saturated rings. The van der Waals surface area contributed by atoms with Crippen LogP contribution in [0.2, 0.25) is 0 Å². The van der Waals surface area contributed by atoms with Crippen molar-refractivity contribution in [3.63, 3.8) is 0 Å². The van der Waals surface area contributed by atoms with Crippen LogP contribution in [0.5, 0.6) is 0 Å². The SMILES string of the molecule is CCN(CC)C1CCc2oc3ccc(N)cc3c2C1. The first kappa shape index (κ1) is 12.5. The van der Waals surface area contributed by atoms with E-state index < -0.39 is 0 Å². The van der Waals surface area contributed by atoms with Crippen molar-refractivity contribution in [1.29, 1.82) is 0 Å². The number of furan rings is 1. The first-order chi connectivity index (χ1) is 9.22. The zero-order valence-corrected chi connectivity index (χ0v) is 11.8. The van der Waals surface area contributed by atoms with Gasteiger partial charge in [-0.3, -0.25) is 0 Å². The van der Waals surface area contributed by atoms with Crippen molar-refractivity contribution in [2.75, 3.05) is 18.8 Å². The van der Waals surface area contributed by atoms with Crippen LogP contribution >= 0.6 is 0 Å². The van der Waals surface area contributed by atoms with E-state index in [9.17, 15) is 0 Å². The van der Waals surface area contributed by atoms with Gasteiger partial charge in [0, 0.05) is 29.1 Å². The second-order valence-corrected chi connectivity index (χ2v) is 5.38. The lowest BCUT2D eigenvalue weighted by atomic mass is 9.90. The number of hydrogen-bond donors (Lipinski definition) is 1. The maximum absolute atomic E-state index is 5.97. The third-order valence-corrected chi connectivity index (χ3v) is 4.37. The normalized spacial score (nSPS) is 19.0. The van der Waals surface area contributed by atoms with Gasteiger partial charge in [0.25, 0.3) is 0 Å². The van der Waals surface area contributed by atoms with E-state index in [2.05, 4.69) is 24.8 Å². The van der Waals surface area contributed by atoms with Crippen molar-refractivity contribution in [3.05, 3.63) is 29.5 Å². The van der Waals surface area contributed by atoms with E-state index in [4.69, 9.17) is 10.2 Å². The van der Waals surface area contributed by atoms with Gasteiger partial charge in [-0.2, -0.15) is 0 Å². The monoisotopic (exact) mass is 258 g/mol. The summed E-state index contributed by atoms with van der Waals surface area (Å²) < 4.78 is 5.97. The summed E-state index contributed by atoms with van der Waals surface area (Å²) in [7, 11) is 0. The van der Waals surface area contributed by atoms with Crippen molar-refractivity contribution in [1.82, 2.24) is 4.90 Å². The van der Waals surface area contributed by atoms with E-state index in [-0.39, 0.29) is 0 Å². The number of benzene rings is 1. The Bertz CT molecular complexity index is 584. The number of anilines is 1. The van der Waals surface area contributed by atoms with Gasteiger partial charge in [-0.25, -0.2) is 0 Å². The summed E-state index contributed by atoms with van der Waals surface area (Å²) >= 11 is 0. The summed E-state index contributed by atoms with van der Waals surface area (Å²) in [6.07, 6.45) is 3.34. The van der Waals surface area contributed by atoms with E-state index in [1.807, 2.05) is 12.1 Å². The number of fused-ring (bicyclic) bond motifs is 3. The van der Waals surface area contributed by atoms with Crippen LogP contribution < -0.4 is 5.73 Å². The molecule has 1 unspecified atom stereocenters. The molecule has 3 rings (SSSR count). The van der Waals surface area contributed by atoms with E-state index in [0.29, 0.717) is 6.04 Å². The predicted molar refractivity (Wildman–Crippen MR) is 79.4 cm³/mol. The molecule has 0 saturated carbocycles. The Balaban J connectivity index is 1.99. The lowest BCUT2D eigenvalue weighted by Gasteiger charge is -2.32. The minimum Gasteiger partial charge on any atom is -0.461 e. The van der Waals surface area contributed by atoms with Gasteiger partial charge >= 0.3 is 0 Å². The van der Waals surface area contributed by atoms with Crippen molar-refractivity contribution in [2.45, 2.75) is 39.2 Å². The summed E-state index contributed by atoms with van der Waals surface area (Å²) in [6, 6.07) is 6.61. The van der Waals surface area contributed by atoms with Crippen LogP contribution in [0.3, 0.4) is 0 Å². The van der Waals surface area contributed by atoms with Gasteiger partial charge in [0.2, 0.25) is 0 Å². The molecule has 1 atom stereocenters. The average molecular weight is 258 g/mol. The van der Waals surface area contributed by atoms with Gasteiger partial charge in [0.1, 0.15) is 11.3 Å². The molecular weight excluding hydrogens is 236 g/mol. The Labute approximate surface area is 114 Å². The fourth-order valence-electron chi connectivity index (χ4n) is 3.33. The van der Waals surface area contributed by atoms with Crippen molar-refractivity contribution in [2.24, 2.45) is 0 Å². The summed E-state index contributed by atoms with van der Waals surface area (Å²) in [4.78, 5) is 2.55. The van der Waals surface area contributed by atoms with Gasteiger partial charge in [0.15, 0.2) is 0 Å². The maximum atomic E-state index is 5.97. The van der Waals surface area contributed by atoms with Crippen molar-refractivity contribution >= 4 is 16.7 Å². The van der Waals surface area contributed by atoms with Gasteiger partial charge in [-0.1, -0.05) is 13.8 Å². The van der Waals surface area contributed by atoms with E-state index in [1.165, 1.54) is 23.1 Å². The van der Waals surface area contributed by atoms with Crippen molar-refractivity contribution in [3.8, 4) is 0 Å². The van der Waals surface area contributed by atoms with Gasteiger partial charge < -0.3 is 15.1 Å². The minimum absolute atomic E-state index is 0.643. The van der Waals surface area contributed by atoms with Crippen LogP contribution in [0, 0.1) is 0 Å². The van der Waals surface area contributed by atoms with Crippen LogP contribution in [-0.4, -0.2) is 24.0 Å². The summed E-state index contributed by atoms with van der Waals surface area (Å²) in [6.45, 7) is 6.72. The van der Waals surface area contributed by atoms with Crippen LogP contribution in [0.15, 0.2) is 22.6 Å². The fourth-order valence-corrected chi connectivity index (χ4v) is 3.33. The Hall–Kier alpha value is -1.48. The number of nitrogens with zero attached hydrogens (tertiary/aromatic N) is 1. The molecule has 3 heteroatoms. The second-order valence-electron chi connectivity index (χ2n) is 5.38. The molecule has 1 heterocycles. The first-order valence-electron chi connectivity index (χ1n) is 7.26. The van der Waals surface area contributed by atoms with Crippen LogP contribution in [0.1, 0.15) is 31.6 Å². The molecule has 0 saturated heterocycles. The van der Waals surface area contributed by atoms with Gasteiger partial charge in [-0.15, -0.1) is 0 Å². The molecule has 0 aliphatic heterocycles. The topological polar surface area (TPSA) is 42.4 Å². The molecule has 0 bridgehead atoms. The van der Waals surface area contributed by atoms with Crippen molar-refractivity contribution < 1.29 is 4.42 Å². The number of nitrogens with two attached hydrogens (primary N) is 1. The molecule has 2 aromatic rings. The van der Waals surface area contributed by atoms with Crippen LogP contribution in [0.25, 0.3) is 11.0 Å². The van der Waals surface area contributed by atoms with E-state index in [1.54, 1.807) is 0 Å². The molecule has 1 aromatic heterocycles. The quantitative estimate of drug-likeness (QED) is 0.860. The Kier molecular flexibility index (Phi) is 3.23. The van der Waals surface area contributed by atoms with E-state index >= 15 is 0 Å². The number of aryl methyl sites for hydroxylation is 1. The zero-order chi connectivity index (χ0) is 13.4. The number of nitrogen functional groups attached to an aromatic ring is 1. The first-order valence-corrected chi connectivity index (χ1v) is 7.26. The summed E-state index contributed by atoms with van der Waals surface area (Å²) in [5.41, 5.74) is 9.10. The second kappa shape index (κ2) is 4.89. The highest BCUT2D eigenvalue weighted by molar-refractivity contribution is 5.85. The zero-order valence-electron chi connectivity index (χ0n) is 11.8. The molecule has 102 valence electrons. The smallest absolute Gasteiger partial charge is 0.134 e. The summed E-state index contributed by atoms with van der Waals surface area (Å²) in [5, 5.41) is 1.21. The molecule has 1 aliphatic rings. The third-order valence-electron chi connectivity index (χ3n) is 4.37. The molecule has 3 nitrogen and oxygen atoms in total. The largest absolute Gasteiger partial charge is 0.461 e. The molecule has 19 heavy (non-hydrogen) atoms. The number of rotatable bonds is 3. The van der Waals surface area contributed by atoms with Crippen LogP contribution in [-0.2, 0) is 12.8 Å². The summed E-state index contributed by atoms with van der Waals surface area (Å²) in [5.74, 6) is 1.17. The Morgan fingerprint density at radius 2 is 2.11 bits per heavy atom. The highest BCUT2D eigenvalue weighted by Gasteiger charge is 2.26. The molecular formula is C16H22N2O. The number of likely N-dealkylation sites (N-methyl/N-ethyl adjacent to an activating group) is 1. The molecule has 2 N–H and O–H groups in total.